The summed E-state index contributed by atoms with van der Waals surface area (Å²) >= 11 is 3.41. The minimum atomic E-state index is 0.275. The third kappa shape index (κ3) is 2.76. The zero-order chi connectivity index (χ0) is 11.4. The molecule has 4 heteroatoms. The second kappa shape index (κ2) is 5.34. The van der Waals surface area contributed by atoms with Crippen molar-refractivity contribution in [2.24, 2.45) is 4.99 Å². The van der Waals surface area contributed by atoms with Gasteiger partial charge in [0.25, 0.3) is 0 Å². The molecule has 1 aromatic carbocycles. The fourth-order valence-corrected chi connectivity index (χ4v) is 2.04. The third-order valence-electron chi connectivity index (χ3n) is 2.48. The molecule has 1 aliphatic rings. The smallest absolute Gasteiger partial charge is 0.188 e. The van der Waals surface area contributed by atoms with E-state index >= 15 is 0 Å². The van der Waals surface area contributed by atoms with Gasteiger partial charge in [-0.2, -0.15) is 0 Å². The Hall–Kier alpha value is -1.03. The lowest BCUT2D eigenvalue weighted by atomic mass is 10.2. The molecule has 0 saturated carbocycles. The second-order valence-corrected chi connectivity index (χ2v) is 4.28. The molecule has 1 unspecified atom stereocenters. The Labute approximate surface area is 104 Å². The molecule has 0 aromatic heterocycles. The van der Waals surface area contributed by atoms with E-state index < -0.39 is 0 Å². The number of benzene rings is 1. The van der Waals surface area contributed by atoms with Crippen LogP contribution >= 0.6 is 15.9 Å². The van der Waals surface area contributed by atoms with E-state index in [1.54, 1.807) is 7.11 Å². The predicted octanol–water partition coefficient (Wildman–Crippen LogP) is 3.30. The molecule has 1 saturated heterocycles. The molecule has 1 atom stereocenters. The Bertz CT molecular complexity index is 375. The van der Waals surface area contributed by atoms with Crippen molar-refractivity contribution in [3.8, 4) is 5.75 Å². The van der Waals surface area contributed by atoms with Gasteiger partial charge in [-0.15, -0.1) is 0 Å². The van der Waals surface area contributed by atoms with E-state index in [0.29, 0.717) is 0 Å². The molecule has 1 fully saturated rings. The Kier molecular flexibility index (Phi) is 3.83. The van der Waals surface area contributed by atoms with Gasteiger partial charge in [0.05, 0.1) is 12.8 Å². The van der Waals surface area contributed by atoms with Crippen molar-refractivity contribution in [2.75, 3.05) is 12.4 Å². The van der Waals surface area contributed by atoms with Gasteiger partial charge in [0.2, 0.25) is 0 Å². The van der Waals surface area contributed by atoms with Crippen LogP contribution in [0.5, 0.6) is 5.75 Å². The van der Waals surface area contributed by atoms with E-state index in [1.807, 2.05) is 24.3 Å². The van der Waals surface area contributed by atoms with Gasteiger partial charge < -0.3 is 9.47 Å². The summed E-state index contributed by atoms with van der Waals surface area (Å²) in [6.45, 7) is 0. The first-order valence-electron chi connectivity index (χ1n) is 5.26. The van der Waals surface area contributed by atoms with Gasteiger partial charge in [-0.25, -0.2) is 4.99 Å². The van der Waals surface area contributed by atoms with E-state index in [1.165, 1.54) is 0 Å². The molecule has 3 nitrogen and oxygen atoms in total. The maximum Gasteiger partial charge on any atom is 0.188 e. The number of rotatable bonds is 3. The maximum atomic E-state index is 5.64. The summed E-state index contributed by atoms with van der Waals surface area (Å²) in [4.78, 5) is 4.45. The molecule has 2 rings (SSSR count). The highest BCUT2D eigenvalue weighted by Gasteiger charge is 2.20. The van der Waals surface area contributed by atoms with E-state index in [9.17, 15) is 0 Å². The standard InChI is InChI=1S/C12H14BrNO2/c1-15-10-4-2-9(3-5-10)14-12-7-6-11(8-13)16-12/h2-5,11H,6-8H2,1H3. The average Bonchev–Trinajstić information content (AvgIpc) is 2.78. The lowest BCUT2D eigenvalue weighted by molar-refractivity contribution is 0.246. The Morgan fingerprint density at radius 3 is 2.75 bits per heavy atom. The van der Waals surface area contributed by atoms with E-state index in [0.717, 1.165) is 35.5 Å². The van der Waals surface area contributed by atoms with Gasteiger partial charge in [0.15, 0.2) is 5.90 Å². The number of hydrogen-bond acceptors (Lipinski definition) is 3. The first-order chi connectivity index (χ1) is 7.81. The minimum Gasteiger partial charge on any atom is -0.497 e. The monoisotopic (exact) mass is 283 g/mol. The molecule has 0 spiro atoms. The topological polar surface area (TPSA) is 30.8 Å². The van der Waals surface area contributed by atoms with Crippen molar-refractivity contribution in [3.05, 3.63) is 24.3 Å². The van der Waals surface area contributed by atoms with E-state index in [4.69, 9.17) is 9.47 Å². The van der Waals surface area contributed by atoms with Crippen molar-refractivity contribution in [1.82, 2.24) is 0 Å². The van der Waals surface area contributed by atoms with E-state index in [-0.39, 0.29) is 6.10 Å². The van der Waals surface area contributed by atoms with Crippen LogP contribution in [0, 0.1) is 0 Å². The quantitative estimate of drug-likeness (QED) is 0.797. The number of hydrogen-bond donors (Lipinski definition) is 0. The number of methoxy groups -OCH3 is 1. The van der Waals surface area contributed by atoms with Gasteiger partial charge in [-0.3, -0.25) is 0 Å². The van der Waals surface area contributed by atoms with E-state index in [2.05, 4.69) is 20.9 Å². The van der Waals surface area contributed by atoms with Crippen molar-refractivity contribution in [2.45, 2.75) is 18.9 Å². The number of alkyl halides is 1. The lowest BCUT2D eigenvalue weighted by Gasteiger charge is -2.05. The largest absolute Gasteiger partial charge is 0.497 e. The van der Waals surface area contributed by atoms with Crippen molar-refractivity contribution < 1.29 is 9.47 Å². The lowest BCUT2D eigenvalue weighted by Crippen LogP contribution is -2.07. The van der Waals surface area contributed by atoms with Crippen LogP contribution in [0.1, 0.15) is 12.8 Å². The predicted molar refractivity (Wildman–Crippen MR) is 68.0 cm³/mol. The van der Waals surface area contributed by atoms with Crippen LogP contribution in [0.3, 0.4) is 0 Å². The first-order valence-corrected chi connectivity index (χ1v) is 6.38. The number of nitrogens with zero attached hydrogens (tertiary/aromatic N) is 1. The summed E-state index contributed by atoms with van der Waals surface area (Å²) in [5.41, 5.74) is 0.908. The molecule has 1 heterocycles. The SMILES string of the molecule is COc1ccc(N=C2CCC(CBr)O2)cc1. The summed E-state index contributed by atoms with van der Waals surface area (Å²) < 4.78 is 10.7. The molecule has 0 bridgehead atoms. The number of aliphatic imine (C=N–C) groups is 1. The Morgan fingerprint density at radius 1 is 1.44 bits per heavy atom. The Morgan fingerprint density at radius 2 is 2.19 bits per heavy atom. The Balaban J connectivity index is 2.05. The molecule has 0 N–H and O–H groups in total. The van der Waals surface area contributed by atoms with Gasteiger partial charge in [-0.05, 0) is 30.7 Å². The normalized spacial score (nSPS) is 22.1. The van der Waals surface area contributed by atoms with Gasteiger partial charge in [0, 0.05) is 11.8 Å². The highest BCUT2D eigenvalue weighted by molar-refractivity contribution is 9.09. The van der Waals surface area contributed by atoms with Crippen LogP contribution in [0.25, 0.3) is 0 Å². The molecule has 86 valence electrons. The summed E-state index contributed by atoms with van der Waals surface area (Å²) in [5.74, 6) is 1.67. The van der Waals surface area contributed by atoms with Crippen LogP contribution < -0.4 is 4.74 Å². The molecule has 0 radical (unpaired) electrons. The van der Waals surface area contributed by atoms with Gasteiger partial charge in [0.1, 0.15) is 11.9 Å². The van der Waals surface area contributed by atoms with Crippen LogP contribution in [-0.4, -0.2) is 24.4 Å². The summed E-state index contributed by atoms with van der Waals surface area (Å²) in [6.07, 6.45) is 2.24. The van der Waals surface area contributed by atoms with Gasteiger partial charge >= 0.3 is 0 Å². The highest BCUT2D eigenvalue weighted by Crippen LogP contribution is 2.22. The van der Waals surface area contributed by atoms with Crippen molar-refractivity contribution in [1.29, 1.82) is 0 Å². The molecule has 1 aromatic rings. The minimum absolute atomic E-state index is 0.275. The molecule has 16 heavy (non-hydrogen) atoms. The fourth-order valence-electron chi connectivity index (χ4n) is 1.59. The zero-order valence-corrected chi connectivity index (χ0v) is 10.7. The summed E-state index contributed by atoms with van der Waals surface area (Å²) in [7, 11) is 1.65. The second-order valence-electron chi connectivity index (χ2n) is 3.64. The van der Waals surface area contributed by atoms with Crippen LogP contribution in [0.2, 0.25) is 0 Å². The molecular weight excluding hydrogens is 270 g/mol. The van der Waals surface area contributed by atoms with Crippen molar-refractivity contribution >= 4 is 27.5 Å². The fraction of sp³-hybridized carbons (Fsp3) is 0.417. The molecule has 0 amide bonds. The maximum absolute atomic E-state index is 5.64. The zero-order valence-electron chi connectivity index (χ0n) is 9.15. The average molecular weight is 284 g/mol. The summed E-state index contributed by atoms with van der Waals surface area (Å²) in [6, 6.07) is 7.65. The number of ether oxygens (including phenoxy) is 2. The van der Waals surface area contributed by atoms with Crippen LogP contribution in [-0.2, 0) is 4.74 Å². The van der Waals surface area contributed by atoms with Crippen LogP contribution in [0.15, 0.2) is 29.3 Å². The molecular formula is C12H14BrNO2. The first kappa shape index (κ1) is 11.5. The van der Waals surface area contributed by atoms with Crippen LogP contribution in [0.4, 0.5) is 5.69 Å². The summed E-state index contributed by atoms with van der Waals surface area (Å²) in [5, 5.41) is 0.870. The van der Waals surface area contributed by atoms with Crippen molar-refractivity contribution in [3.63, 3.8) is 0 Å². The van der Waals surface area contributed by atoms with Gasteiger partial charge in [-0.1, -0.05) is 15.9 Å². The molecule has 1 aliphatic heterocycles. The molecule has 0 aliphatic carbocycles. The number of halogens is 1. The highest BCUT2D eigenvalue weighted by atomic mass is 79.9. The third-order valence-corrected chi connectivity index (χ3v) is 3.20.